The fourth-order valence-corrected chi connectivity index (χ4v) is 4.82. The van der Waals surface area contributed by atoms with Crippen molar-refractivity contribution in [3.05, 3.63) is 83.8 Å². The van der Waals surface area contributed by atoms with Crippen molar-refractivity contribution in [1.29, 1.82) is 0 Å². The maximum absolute atomic E-state index is 13.0. The molecule has 5 rings (SSSR count). The van der Waals surface area contributed by atoms with Crippen molar-refractivity contribution in [3.8, 4) is 10.6 Å². The lowest BCUT2D eigenvalue weighted by Gasteiger charge is -2.35. The average molecular weight is 486 g/mol. The summed E-state index contributed by atoms with van der Waals surface area (Å²) in [5.74, 6) is 1.57. The smallest absolute Gasteiger partial charge is 0.273 e. The fourth-order valence-electron chi connectivity index (χ4n) is 4.04. The van der Waals surface area contributed by atoms with Crippen LogP contribution in [0, 0.1) is 0 Å². The Balaban J connectivity index is 1.17. The highest BCUT2D eigenvalue weighted by Crippen LogP contribution is 2.24. The summed E-state index contributed by atoms with van der Waals surface area (Å²) in [6, 6.07) is 16.2. The Labute approximate surface area is 208 Å². The van der Waals surface area contributed by atoms with Crippen LogP contribution < -0.4 is 9.80 Å². The van der Waals surface area contributed by atoms with Gasteiger partial charge in [-0.25, -0.2) is 9.97 Å². The minimum absolute atomic E-state index is 0.0277. The zero-order chi connectivity index (χ0) is 24.0. The Hall–Kier alpha value is -3.85. The molecule has 1 fully saturated rings. The fraction of sp³-hybridized carbons (Fsp3) is 0.269. The van der Waals surface area contributed by atoms with E-state index in [9.17, 15) is 4.79 Å². The van der Waals surface area contributed by atoms with Crippen LogP contribution in [0.15, 0.2) is 72.5 Å². The van der Waals surface area contributed by atoms with Crippen molar-refractivity contribution in [2.45, 2.75) is 6.42 Å². The molecule has 0 unspecified atom stereocenters. The average Bonchev–Trinajstić information content (AvgIpc) is 3.43. The number of nitrogens with zero attached hydrogens (tertiary/aromatic N) is 7. The lowest BCUT2D eigenvalue weighted by atomic mass is 10.1. The van der Waals surface area contributed by atoms with Crippen LogP contribution in [-0.4, -0.2) is 70.5 Å². The number of piperazine rings is 1. The molecule has 1 amide bonds. The molecule has 1 aliphatic heterocycles. The van der Waals surface area contributed by atoms with Crippen LogP contribution in [0.25, 0.3) is 10.6 Å². The van der Waals surface area contributed by atoms with E-state index in [1.54, 1.807) is 12.4 Å². The van der Waals surface area contributed by atoms with Crippen LogP contribution in [0.4, 0.5) is 11.8 Å². The zero-order valence-corrected chi connectivity index (χ0v) is 20.4. The van der Waals surface area contributed by atoms with Gasteiger partial charge in [-0.15, -0.1) is 11.3 Å². The number of aromatic nitrogens is 4. The summed E-state index contributed by atoms with van der Waals surface area (Å²) in [5, 5.41) is 2.64. The Morgan fingerprint density at radius 1 is 1.00 bits per heavy atom. The lowest BCUT2D eigenvalue weighted by molar-refractivity contribution is 0.0741. The number of likely N-dealkylation sites (N-methyl/N-ethyl adjacent to an activating group) is 1. The van der Waals surface area contributed by atoms with Gasteiger partial charge in [0.05, 0.1) is 0 Å². The molecule has 8 nitrogen and oxygen atoms in total. The zero-order valence-electron chi connectivity index (χ0n) is 19.6. The molecule has 35 heavy (non-hydrogen) atoms. The quantitative estimate of drug-likeness (QED) is 0.395. The second-order valence-electron chi connectivity index (χ2n) is 8.43. The van der Waals surface area contributed by atoms with E-state index >= 15 is 0 Å². The molecule has 0 atom stereocenters. The number of hydrogen-bond acceptors (Lipinski definition) is 8. The first-order valence-electron chi connectivity index (χ1n) is 11.7. The van der Waals surface area contributed by atoms with E-state index in [2.05, 4.69) is 49.0 Å². The molecule has 0 bridgehead atoms. The van der Waals surface area contributed by atoms with Gasteiger partial charge in [-0.05, 0) is 30.2 Å². The molecule has 178 valence electrons. The molecule has 0 saturated carbocycles. The Morgan fingerprint density at radius 2 is 1.83 bits per heavy atom. The number of pyridine rings is 1. The minimum Gasteiger partial charge on any atom is -0.353 e. The second-order valence-corrected chi connectivity index (χ2v) is 9.29. The van der Waals surface area contributed by atoms with E-state index in [1.807, 2.05) is 47.8 Å². The van der Waals surface area contributed by atoms with Crippen molar-refractivity contribution < 1.29 is 4.79 Å². The van der Waals surface area contributed by atoms with Crippen molar-refractivity contribution >= 4 is 29.0 Å². The lowest BCUT2D eigenvalue weighted by Crippen LogP contribution is -2.49. The summed E-state index contributed by atoms with van der Waals surface area (Å²) < 4.78 is 0. The van der Waals surface area contributed by atoms with Gasteiger partial charge in [0.25, 0.3) is 5.91 Å². The Morgan fingerprint density at radius 3 is 2.60 bits per heavy atom. The van der Waals surface area contributed by atoms with Crippen LogP contribution in [0.3, 0.4) is 0 Å². The van der Waals surface area contributed by atoms with Gasteiger partial charge in [0.2, 0.25) is 5.95 Å². The van der Waals surface area contributed by atoms with E-state index in [-0.39, 0.29) is 5.91 Å². The van der Waals surface area contributed by atoms with E-state index in [1.165, 1.54) is 16.9 Å². The van der Waals surface area contributed by atoms with Crippen LogP contribution in [0.2, 0.25) is 0 Å². The molecular formula is C26H27N7OS. The first kappa shape index (κ1) is 22.9. The highest BCUT2D eigenvalue weighted by Gasteiger charge is 2.25. The van der Waals surface area contributed by atoms with Crippen LogP contribution in [-0.2, 0) is 6.42 Å². The minimum atomic E-state index is -0.0277. The molecule has 1 aliphatic rings. The second kappa shape index (κ2) is 10.6. The molecule has 9 heteroatoms. The molecule has 0 spiro atoms. The van der Waals surface area contributed by atoms with Crippen molar-refractivity contribution in [2.75, 3.05) is 49.6 Å². The molecular weight excluding hydrogens is 458 g/mol. The number of anilines is 2. The van der Waals surface area contributed by atoms with Crippen LogP contribution in [0.1, 0.15) is 16.1 Å². The number of amides is 1. The highest BCUT2D eigenvalue weighted by atomic mass is 32.1. The largest absolute Gasteiger partial charge is 0.353 e. The maximum atomic E-state index is 13.0. The van der Waals surface area contributed by atoms with Crippen molar-refractivity contribution in [1.82, 2.24) is 24.8 Å². The Kier molecular flexibility index (Phi) is 6.94. The first-order valence-corrected chi connectivity index (χ1v) is 12.5. The SMILES string of the molecule is CN(CCc1ccccc1)c1nccc(N2CCN(C(=O)c3csc(-c4cccnc4)n3)CC2)n1. The summed E-state index contributed by atoms with van der Waals surface area (Å²) in [6.07, 6.45) is 6.24. The number of carbonyl (C=O) groups excluding carboxylic acids is 1. The number of rotatable bonds is 7. The van der Waals surface area contributed by atoms with Crippen LogP contribution >= 0.6 is 11.3 Å². The predicted molar refractivity (Wildman–Crippen MR) is 139 cm³/mol. The summed E-state index contributed by atoms with van der Waals surface area (Å²) in [7, 11) is 2.02. The van der Waals surface area contributed by atoms with Gasteiger partial charge in [-0.1, -0.05) is 30.3 Å². The van der Waals surface area contributed by atoms with E-state index in [0.717, 1.165) is 42.4 Å². The molecule has 4 aromatic rings. The summed E-state index contributed by atoms with van der Waals surface area (Å²) in [6.45, 7) is 3.53. The normalized spacial score (nSPS) is 13.6. The van der Waals surface area contributed by atoms with Crippen molar-refractivity contribution in [3.63, 3.8) is 0 Å². The number of benzene rings is 1. The van der Waals surface area contributed by atoms with E-state index in [4.69, 9.17) is 4.98 Å². The Bertz CT molecular complexity index is 1260. The third-order valence-electron chi connectivity index (χ3n) is 6.07. The molecule has 0 N–H and O–H groups in total. The topological polar surface area (TPSA) is 78.4 Å². The van der Waals surface area contributed by atoms with Gasteiger partial charge in [-0.2, -0.15) is 4.98 Å². The van der Waals surface area contributed by atoms with Gasteiger partial charge in [0, 0.05) is 69.3 Å². The monoisotopic (exact) mass is 485 g/mol. The van der Waals surface area contributed by atoms with E-state index in [0.29, 0.717) is 24.7 Å². The summed E-state index contributed by atoms with van der Waals surface area (Å²) in [5.41, 5.74) is 2.71. The maximum Gasteiger partial charge on any atom is 0.273 e. The number of thiazole rings is 1. The van der Waals surface area contributed by atoms with Gasteiger partial charge in [0.1, 0.15) is 16.5 Å². The first-order chi connectivity index (χ1) is 17.2. The molecule has 1 aromatic carbocycles. The summed E-state index contributed by atoms with van der Waals surface area (Å²) in [4.78, 5) is 37.1. The van der Waals surface area contributed by atoms with Gasteiger partial charge >= 0.3 is 0 Å². The molecule has 0 aliphatic carbocycles. The third-order valence-corrected chi connectivity index (χ3v) is 6.96. The van der Waals surface area contributed by atoms with Crippen LogP contribution in [0.5, 0.6) is 0 Å². The van der Waals surface area contributed by atoms with Gasteiger partial charge in [0.15, 0.2) is 0 Å². The molecule has 1 saturated heterocycles. The van der Waals surface area contributed by atoms with E-state index < -0.39 is 0 Å². The van der Waals surface area contributed by atoms with Gasteiger partial charge < -0.3 is 14.7 Å². The molecule has 3 aromatic heterocycles. The standard InChI is InChI=1S/C26H27N7OS/c1-31(13-10-20-6-3-2-4-7-20)26-28-12-9-23(30-26)32-14-16-33(17-15-32)25(34)22-19-35-24(29-22)21-8-5-11-27-18-21/h2-9,11-12,18-19H,10,13-17H2,1H3. The molecule has 0 radical (unpaired) electrons. The van der Waals surface area contributed by atoms with Gasteiger partial charge in [-0.3, -0.25) is 9.78 Å². The predicted octanol–water partition coefficient (Wildman–Crippen LogP) is 3.64. The van der Waals surface area contributed by atoms with Crippen molar-refractivity contribution in [2.24, 2.45) is 0 Å². The number of hydrogen-bond donors (Lipinski definition) is 0. The number of carbonyl (C=O) groups is 1. The highest BCUT2D eigenvalue weighted by molar-refractivity contribution is 7.13. The summed E-state index contributed by atoms with van der Waals surface area (Å²) >= 11 is 1.47. The molecule has 4 heterocycles. The third kappa shape index (κ3) is 5.46.